The van der Waals surface area contributed by atoms with Crippen molar-refractivity contribution in [2.45, 2.75) is 30.7 Å². The fourth-order valence-corrected chi connectivity index (χ4v) is 5.06. The van der Waals surface area contributed by atoms with Crippen LogP contribution in [-0.4, -0.2) is 30.8 Å². The molecular weight excluding hydrogens is 354 g/mol. The van der Waals surface area contributed by atoms with Gasteiger partial charge in [0.25, 0.3) is 0 Å². The molecule has 124 valence electrons. The van der Waals surface area contributed by atoms with E-state index in [-0.39, 0.29) is 0 Å². The molecular formula is C15H18ClN3O2S2. The zero-order valence-corrected chi connectivity index (χ0v) is 14.9. The summed E-state index contributed by atoms with van der Waals surface area (Å²) in [6, 6.07) is 6.96. The van der Waals surface area contributed by atoms with Crippen LogP contribution in [0, 0.1) is 0 Å². The largest absolute Gasteiger partial charge is 0.380 e. The van der Waals surface area contributed by atoms with Crippen molar-refractivity contribution in [1.82, 2.24) is 9.29 Å². The van der Waals surface area contributed by atoms with Crippen molar-refractivity contribution >= 4 is 38.6 Å². The van der Waals surface area contributed by atoms with Gasteiger partial charge in [-0.15, -0.1) is 11.3 Å². The topological polar surface area (TPSA) is 62.3 Å². The molecule has 0 radical (unpaired) electrons. The predicted octanol–water partition coefficient (Wildman–Crippen LogP) is 3.58. The molecule has 0 amide bonds. The second kappa shape index (κ2) is 7.17. The molecule has 0 saturated carbocycles. The molecule has 1 aliphatic heterocycles. The van der Waals surface area contributed by atoms with Gasteiger partial charge in [0.2, 0.25) is 10.0 Å². The fourth-order valence-electron chi connectivity index (χ4n) is 2.58. The summed E-state index contributed by atoms with van der Waals surface area (Å²) < 4.78 is 27.5. The van der Waals surface area contributed by atoms with Crippen molar-refractivity contribution in [1.29, 1.82) is 0 Å². The molecule has 1 N–H and O–H groups in total. The lowest BCUT2D eigenvalue weighted by atomic mass is 10.2. The summed E-state index contributed by atoms with van der Waals surface area (Å²) >= 11 is 7.21. The van der Waals surface area contributed by atoms with Crippen LogP contribution in [0.25, 0.3) is 0 Å². The summed E-state index contributed by atoms with van der Waals surface area (Å²) in [4.78, 5) is 5.33. The standard InChI is InChI=1S/C15H18ClN3O2S2/c16-15-18-11-13(22-15)10-17-12-5-4-6-14(9-12)23(20,21)19-7-2-1-3-8-19/h4-6,9,11,17H,1-3,7-8,10H2. The van der Waals surface area contributed by atoms with Crippen molar-refractivity contribution in [3.05, 3.63) is 39.8 Å². The number of anilines is 1. The van der Waals surface area contributed by atoms with Gasteiger partial charge in [0.1, 0.15) is 0 Å². The van der Waals surface area contributed by atoms with Gasteiger partial charge in [0, 0.05) is 29.9 Å². The second-order valence-electron chi connectivity index (χ2n) is 5.43. The number of hydrogen-bond acceptors (Lipinski definition) is 5. The van der Waals surface area contributed by atoms with E-state index in [0.29, 0.717) is 29.0 Å². The number of rotatable bonds is 5. The maximum absolute atomic E-state index is 12.7. The third-order valence-corrected chi connectivity index (χ3v) is 6.79. The van der Waals surface area contributed by atoms with Gasteiger partial charge in [0.15, 0.2) is 4.47 Å². The van der Waals surface area contributed by atoms with Crippen LogP contribution in [0.1, 0.15) is 24.1 Å². The predicted molar refractivity (Wildman–Crippen MR) is 93.5 cm³/mol. The van der Waals surface area contributed by atoms with Gasteiger partial charge in [-0.1, -0.05) is 24.1 Å². The van der Waals surface area contributed by atoms with E-state index in [1.165, 1.54) is 11.3 Å². The molecule has 1 aliphatic rings. The minimum Gasteiger partial charge on any atom is -0.380 e. The normalized spacial score (nSPS) is 16.4. The number of benzene rings is 1. The van der Waals surface area contributed by atoms with Gasteiger partial charge in [-0.3, -0.25) is 0 Å². The molecule has 1 aromatic carbocycles. The van der Waals surface area contributed by atoms with Crippen molar-refractivity contribution in [2.24, 2.45) is 0 Å². The Morgan fingerprint density at radius 3 is 2.74 bits per heavy atom. The first kappa shape index (κ1) is 16.7. The number of aromatic nitrogens is 1. The average molecular weight is 372 g/mol. The summed E-state index contributed by atoms with van der Waals surface area (Å²) in [5.74, 6) is 0. The molecule has 1 aromatic heterocycles. The first-order valence-electron chi connectivity index (χ1n) is 7.50. The average Bonchev–Trinajstić information content (AvgIpc) is 2.99. The van der Waals surface area contributed by atoms with E-state index in [1.807, 2.05) is 6.07 Å². The monoisotopic (exact) mass is 371 g/mol. The molecule has 8 heteroatoms. The molecule has 2 heterocycles. The van der Waals surface area contributed by atoms with Crippen LogP contribution in [0.3, 0.4) is 0 Å². The highest BCUT2D eigenvalue weighted by molar-refractivity contribution is 7.89. The zero-order chi connectivity index (χ0) is 16.3. The third-order valence-electron chi connectivity index (χ3n) is 3.78. The molecule has 3 rings (SSSR count). The van der Waals surface area contributed by atoms with Gasteiger partial charge in [-0.05, 0) is 31.0 Å². The van der Waals surface area contributed by atoms with Gasteiger partial charge < -0.3 is 5.32 Å². The Kier molecular flexibility index (Phi) is 5.21. The summed E-state index contributed by atoms with van der Waals surface area (Å²) in [5, 5.41) is 3.22. The van der Waals surface area contributed by atoms with Crippen LogP contribution >= 0.6 is 22.9 Å². The van der Waals surface area contributed by atoms with Crippen molar-refractivity contribution < 1.29 is 8.42 Å². The molecule has 0 aliphatic carbocycles. The number of thiazole rings is 1. The Morgan fingerprint density at radius 2 is 2.04 bits per heavy atom. The van der Waals surface area contributed by atoms with Crippen LogP contribution in [0.4, 0.5) is 5.69 Å². The lowest BCUT2D eigenvalue weighted by Crippen LogP contribution is -2.35. The van der Waals surface area contributed by atoms with Gasteiger partial charge in [0.05, 0.1) is 11.4 Å². The first-order chi connectivity index (χ1) is 11.1. The molecule has 1 saturated heterocycles. The van der Waals surface area contributed by atoms with Crippen LogP contribution in [0.2, 0.25) is 4.47 Å². The minimum atomic E-state index is -3.40. The fraction of sp³-hybridized carbons (Fsp3) is 0.400. The Labute approximate surface area is 145 Å². The first-order valence-corrected chi connectivity index (χ1v) is 10.1. The highest BCUT2D eigenvalue weighted by Gasteiger charge is 2.25. The van der Waals surface area contributed by atoms with Crippen molar-refractivity contribution in [3.63, 3.8) is 0 Å². The SMILES string of the molecule is O=S(=O)(c1cccc(NCc2cnc(Cl)s2)c1)N1CCCCC1. The Morgan fingerprint density at radius 1 is 1.26 bits per heavy atom. The summed E-state index contributed by atoms with van der Waals surface area (Å²) in [7, 11) is -3.40. The highest BCUT2D eigenvalue weighted by Crippen LogP contribution is 2.24. The molecule has 0 spiro atoms. The Bertz CT molecular complexity index is 771. The van der Waals surface area contributed by atoms with E-state index >= 15 is 0 Å². The van der Waals surface area contributed by atoms with Gasteiger partial charge >= 0.3 is 0 Å². The number of sulfonamides is 1. The lowest BCUT2D eigenvalue weighted by molar-refractivity contribution is 0.346. The molecule has 2 aromatic rings. The molecule has 0 atom stereocenters. The summed E-state index contributed by atoms with van der Waals surface area (Å²) in [5.41, 5.74) is 0.771. The van der Waals surface area contributed by atoms with Crippen LogP contribution < -0.4 is 5.32 Å². The van der Waals surface area contributed by atoms with Crippen LogP contribution in [-0.2, 0) is 16.6 Å². The third kappa shape index (κ3) is 4.03. The molecule has 0 bridgehead atoms. The molecule has 5 nitrogen and oxygen atoms in total. The quantitative estimate of drug-likeness (QED) is 0.872. The van der Waals surface area contributed by atoms with E-state index in [2.05, 4.69) is 10.3 Å². The maximum atomic E-state index is 12.7. The van der Waals surface area contributed by atoms with Crippen LogP contribution in [0.15, 0.2) is 35.4 Å². The van der Waals surface area contributed by atoms with E-state index in [0.717, 1.165) is 29.8 Å². The number of piperidine rings is 1. The van der Waals surface area contributed by atoms with Gasteiger partial charge in [-0.25, -0.2) is 13.4 Å². The highest BCUT2D eigenvalue weighted by atomic mass is 35.5. The number of hydrogen-bond donors (Lipinski definition) is 1. The van der Waals surface area contributed by atoms with Gasteiger partial charge in [-0.2, -0.15) is 4.31 Å². The molecule has 23 heavy (non-hydrogen) atoms. The van der Waals surface area contributed by atoms with E-state index in [1.54, 1.807) is 28.7 Å². The van der Waals surface area contributed by atoms with E-state index in [4.69, 9.17) is 11.6 Å². The second-order valence-corrected chi connectivity index (χ2v) is 9.06. The number of nitrogens with zero attached hydrogens (tertiary/aromatic N) is 2. The van der Waals surface area contributed by atoms with E-state index in [9.17, 15) is 8.42 Å². The smallest absolute Gasteiger partial charge is 0.243 e. The Balaban J connectivity index is 1.73. The Hall–Kier alpha value is -1.15. The van der Waals surface area contributed by atoms with E-state index < -0.39 is 10.0 Å². The summed E-state index contributed by atoms with van der Waals surface area (Å²) in [6.45, 7) is 1.79. The molecule has 1 fully saturated rings. The summed E-state index contributed by atoms with van der Waals surface area (Å²) in [6.07, 6.45) is 4.69. The maximum Gasteiger partial charge on any atom is 0.243 e. The lowest BCUT2D eigenvalue weighted by Gasteiger charge is -2.26. The van der Waals surface area contributed by atoms with Crippen molar-refractivity contribution in [3.8, 4) is 0 Å². The molecule has 0 unspecified atom stereocenters. The number of halogens is 1. The van der Waals surface area contributed by atoms with Crippen molar-refractivity contribution in [2.75, 3.05) is 18.4 Å². The minimum absolute atomic E-state index is 0.340. The van der Waals surface area contributed by atoms with Crippen LogP contribution in [0.5, 0.6) is 0 Å². The number of nitrogens with one attached hydrogen (secondary N) is 1. The zero-order valence-electron chi connectivity index (χ0n) is 12.5.